The summed E-state index contributed by atoms with van der Waals surface area (Å²) in [4.78, 5) is 11.9. The third kappa shape index (κ3) is 2.74. The van der Waals surface area contributed by atoms with Crippen molar-refractivity contribution in [3.63, 3.8) is 0 Å². The molecule has 0 saturated carbocycles. The van der Waals surface area contributed by atoms with E-state index < -0.39 is 0 Å². The molecule has 0 bridgehead atoms. The maximum atomic E-state index is 11.9. The summed E-state index contributed by atoms with van der Waals surface area (Å²) in [6, 6.07) is 9.40. The Hall–Kier alpha value is -1.02. The number of benzene rings is 1. The zero-order valence-electron chi connectivity index (χ0n) is 8.49. The molecule has 1 aromatic carbocycles. The first-order valence-corrected chi connectivity index (χ1v) is 5.90. The van der Waals surface area contributed by atoms with Gasteiger partial charge in [0, 0.05) is 11.1 Å². The van der Waals surface area contributed by atoms with E-state index in [-0.39, 0.29) is 5.78 Å². The first kappa shape index (κ1) is 11.1. The molecule has 2 heteroatoms. The Morgan fingerprint density at radius 3 is 2.50 bits per heavy atom. The van der Waals surface area contributed by atoms with Crippen LogP contribution < -0.4 is 0 Å². The molecule has 0 spiro atoms. The molecule has 0 aliphatic heterocycles. The van der Waals surface area contributed by atoms with Crippen LogP contribution in [0.4, 0.5) is 0 Å². The van der Waals surface area contributed by atoms with Crippen molar-refractivity contribution in [2.24, 2.45) is 0 Å². The van der Waals surface area contributed by atoms with E-state index in [1.807, 2.05) is 48.9 Å². The molecule has 0 saturated heterocycles. The van der Waals surface area contributed by atoms with Gasteiger partial charge in [-0.15, -0.1) is 11.8 Å². The molecule has 0 fully saturated rings. The highest BCUT2D eigenvalue weighted by Gasteiger charge is 2.08. The molecular weight excluding hydrogens is 192 g/mol. The summed E-state index contributed by atoms with van der Waals surface area (Å²) in [6.07, 6.45) is 2.75. The topological polar surface area (TPSA) is 17.1 Å². The lowest BCUT2D eigenvalue weighted by Crippen LogP contribution is -2.01. The predicted molar refractivity (Wildman–Crippen MR) is 62.7 cm³/mol. The van der Waals surface area contributed by atoms with Crippen LogP contribution in [0.2, 0.25) is 0 Å². The minimum atomic E-state index is 0.141. The summed E-state index contributed by atoms with van der Waals surface area (Å²) in [7, 11) is 0. The van der Waals surface area contributed by atoms with E-state index in [4.69, 9.17) is 0 Å². The second-order valence-electron chi connectivity index (χ2n) is 2.93. The van der Waals surface area contributed by atoms with Gasteiger partial charge in [-0.3, -0.25) is 4.79 Å². The van der Waals surface area contributed by atoms with Crippen LogP contribution >= 0.6 is 11.8 Å². The monoisotopic (exact) mass is 206 g/mol. The van der Waals surface area contributed by atoms with Crippen LogP contribution in [-0.2, 0) is 0 Å². The largest absolute Gasteiger partial charge is 0.289 e. The van der Waals surface area contributed by atoms with Crippen molar-refractivity contribution in [1.29, 1.82) is 0 Å². The minimum absolute atomic E-state index is 0.141. The smallest absolute Gasteiger partial charge is 0.189 e. The third-order valence-corrected chi connectivity index (χ3v) is 2.49. The Bertz CT molecular complexity index is 327. The normalized spacial score (nSPS) is 11.4. The highest BCUT2D eigenvalue weighted by Crippen LogP contribution is 2.14. The number of carbonyl (C=O) groups excluding carboxylic acids is 1. The second-order valence-corrected chi connectivity index (χ2v) is 3.63. The van der Waals surface area contributed by atoms with Crippen LogP contribution in [0.5, 0.6) is 0 Å². The first-order chi connectivity index (χ1) is 6.79. The maximum absolute atomic E-state index is 11.9. The Morgan fingerprint density at radius 1 is 1.36 bits per heavy atom. The minimum Gasteiger partial charge on any atom is -0.289 e. The van der Waals surface area contributed by atoms with Crippen LogP contribution in [0.25, 0.3) is 0 Å². The van der Waals surface area contributed by atoms with Crippen molar-refractivity contribution >= 4 is 17.5 Å². The van der Waals surface area contributed by atoms with E-state index >= 15 is 0 Å². The third-order valence-electron chi connectivity index (χ3n) is 1.97. The molecule has 14 heavy (non-hydrogen) atoms. The van der Waals surface area contributed by atoms with E-state index in [1.54, 1.807) is 11.8 Å². The number of hydrogen-bond donors (Lipinski definition) is 0. The number of rotatable bonds is 4. The van der Waals surface area contributed by atoms with Crippen LogP contribution in [0.3, 0.4) is 0 Å². The van der Waals surface area contributed by atoms with Crippen LogP contribution in [0.1, 0.15) is 23.7 Å². The molecular formula is C12H14OS. The summed E-state index contributed by atoms with van der Waals surface area (Å²) >= 11 is 1.57. The van der Waals surface area contributed by atoms with Gasteiger partial charge in [0.05, 0.1) is 0 Å². The van der Waals surface area contributed by atoms with E-state index in [9.17, 15) is 4.79 Å². The van der Waals surface area contributed by atoms with Gasteiger partial charge in [-0.1, -0.05) is 37.3 Å². The van der Waals surface area contributed by atoms with E-state index in [0.29, 0.717) is 0 Å². The van der Waals surface area contributed by atoms with Crippen molar-refractivity contribution in [2.75, 3.05) is 6.26 Å². The van der Waals surface area contributed by atoms with Gasteiger partial charge in [-0.05, 0) is 18.1 Å². The Labute approximate surface area is 89.2 Å². The van der Waals surface area contributed by atoms with Gasteiger partial charge in [-0.25, -0.2) is 0 Å². The number of hydrogen-bond acceptors (Lipinski definition) is 2. The summed E-state index contributed by atoms with van der Waals surface area (Å²) < 4.78 is 0. The van der Waals surface area contributed by atoms with Crippen LogP contribution in [0, 0.1) is 0 Å². The molecule has 0 radical (unpaired) electrons. The molecule has 0 amide bonds. The SMILES string of the molecule is CC/C(=C\SC)C(=O)c1ccccc1. The number of Topliss-reactive ketones (excluding diaryl/α,β-unsaturated/α-hetero) is 1. The van der Waals surface area contributed by atoms with Gasteiger partial charge in [0.25, 0.3) is 0 Å². The number of allylic oxidation sites excluding steroid dienone is 1. The van der Waals surface area contributed by atoms with Gasteiger partial charge in [0.1, 0.15) is 0 Å². The quantitative estimate of drug-likeness (QED) is 0.554. The van der Waals surface area contributed by atoms with Gasteiger partial charge in [0.15, 0.2) is 5.78 Å². The molecule has 0 unspecified atom stereocenters. The van der Waals surface area contributed by atoms with Gasteiger partial charge in [0.2, 0.25) is 0 Å². The molecule has 0 atom stereocenters. The fourth-order valence-corrected chi connectivity index (χ4v) is 1.77. The van der Waals surface area contributed by atoms with Gasteiger partial charge in [-0.2, -0.15) is 0 Å². The summed E-state index contributed by atoms with van der Waals surface area (Å²) in [6.45, 7) is 2.00. The predicted octanol–water partition coefficient (Wildman–Crippen LogP) is 3.53. The molecule has 0 heterocycles. The highest BCUT2D eigenvalue weighted by atomic mass is 32.2. The molecule has 1 rings (SSSR count). The summed E-state index contributed by atoms with van der Waals surface area (Å²) in [5.41, 5.74) is 1.65. The molecule has 74 valence electrons. The van der Waals surface area contributed by atoms with Crippen LogP contribution in [-0.4, -0.2) is 12.0 Å². The molecule has 0 aliphatic rings. The van der Waals surface area contributed by atoms with E-state index in [2.05, 4.69) is 0 Å². The first-order valence-electron chi connectivity index (χ1n) is 4.61. The highest BCUT2D eigenvalue weighted by molar-refractivity contribution is 8.01. The fraction of sp³-hybridized carbons (Fsp3) is 0.250. The summed E-state index contributed by atoms with van der Waals surface area (Å²) in [5, 5.41) is 1.93. The molecule has 0 aromatic heterocycles. The molecule has 0 aliphatic carbocycles. The van der Waals surface area contributed by atoms with Gasteiger partial charge < -0.3 is 0 Å². The standard InChI is InChI=1S/C12H14OS/c1-3-10(9-14-2)12(13)11-7-5-4-6-8-11/h4-9H,3H2,1-2H3/b10-9+. The van der Waals surface area contributed by atoms with Crippen molar-refractivity contribution in [3.8, 4) is 0 Å². The Balaban J connectivity index is 2.90. The lowest BCUT2D eigenvalue weighted by molar-refractivity contribution is 0.103. The number of carbonyl (C=O) groups is 1. The zero-order valence-corrected chi connectivity index (χ0v) is 9.30. The van der Waals surface area contributed by atoms with E-state index in [0.717, 1.165) is 17.6 Å². The van der Waals surface area contributed by atoms with Crippen molar-refractivity contribution in [2.45, 2.75) is 13.3 Å². The Morgan fingerprint density at radius 2 is 2.00 bits per heavy atom. The Kier molecular flexibility index (Phi) is 4.47. The van der Waals surface area contributed by atoms with Crippen molar-refractivity contribution in [1.82, 2.24) is 0 Å². The second kappa shape index (κ2) is 5.66. The fourth-order valence-electron chi connectivity index (χ4n) is 1.21. The lowest BCUT2D eigenvalue weighted by atomic mass is 10.0. The average molecular weight is 206 g/mol. The van der Waals surface area contributed by atoms with Gasteiger partial charge >= 0.3 is 0 Å². The molecule has 1 aromatic rings. The van der Waals surface area contributed by atoms with Crippen LogP contribution in [0.15, 0.2) is 41.3 Å². The number of thioether (sulfide) groups is 1. The van der Waals surface area contributed by atoms with Crippen molar-refractivity contribution < 1.29 is 4.79 Å². The van der Waals surface area contributed by atoms with Crippen molar-refractivity contribution in [3.05, 3.63) is 46.9 Å². The average Bonchev–Trinajstić information content (AvgIpc) is 2.26. The number of ketones is 1. The van der Waals surface area contributed by atoms with E-state index in [1.165, 1.54) is 0 Å². The molecule has 1 nitrogen and oxygen atoms in total. The maximum Gasteiger partial charge on any atom is 0.189 e. The molecule has 0 N–H and O–H groups in total. The summed E-state index contributed by atoms with van der Waals surface area (Å²) in [5.74, 6) is 0.141. The lowest BCUT2D eigenvalue weighted by Gasteiger charge is -2.02. The zero-order chi connectivity index (χ0) is 10.4.